The van der Waals surface area contributed by atoms with E-state index in [0.29, 0.717) is 10.7 Å². The standard InChI is InChI=1S/C16H16ClN3O/c17-13-5-1-2-6-15(13)20-16(21)19-14-7-3-4-11-8-9-18-10-12(11)14/h1-7,18H,8-10H2,(H2,19,20,21). The van der Waals surface area contributed by atoms with Crippen molar-refractivity contribution < 1.29 is 4.79 Å². The van der Waals surface area contributed by atoms with Crippen molar-refractivity contribution in [2.75, 3.05) is 17.2 Å². The fourth-order valence-corrected chi connectivity index (χ4v) is 2.65. The van der Waals surface area contributed by atoms with Crippen LogP contribution in [0, 0.1) is 0 Å². The molecule has 0 unspecified atom stereocenters. The quantitative estimate of drug-likeness (QED) is 0.793. The second-order valence-corrected chi connectivity index (χ2v) is 5.34. The third kappa shape index (κ3) is 3.17. The summed E-state index contributed by atoms with van der Waals surface area (Å²) in [6.07, 6.45) is 0.983. The van der Waals surface area contributed by atoms with Crippen LogP contribution >= 0.6 is 11.6 Å². The first-order valence-electron chi connectivity index (χ1n) is 6.88. The highest BCUT2D eigenvalue weighted by Crippen LogP contribution is 2.24. The Hall–Kier alpha value is -2.04. The average Bonchev–Trinajstić information content (AvgIpc) is 2.50. The van der Waals surface area contributed by atoms with Crippen LogP contribution in [0.5, 0.6) is 0 Å². The van der Waals surface area contributed by atoms with Gasteiger partial charge in [0, 0.05) is 12.2 Å². The molecule has 3 N–H and O–H groups in total. The molecule has 21 heavy (non-hydrogen) atoms. The van der Waals surface area contributed by atoms with Crippen molar-refractivity contribution in [1.82, 2.24) is 5.32 Å². The van der Waals surface area contributed by atoms with E-state index in [-0.39, 0.29) is 6.03 Å². The molecule has 0 fully saturated rings. The topological polar surface area (TPSA) is 53.2 Å². The predicted octanol–water partition coefficient (Wildman–Crippen LogP) is 3.63. The van der Waals surface area contributed by atoms with Gasteiger partial charge in [0.2, 0.25) is 0 Å². The van der Waals surface area contributed by atoms with E-state index in [1.54, 1.807) is 12.1 Å². The van der Waals surface area contributed by atoms with Crippen LogP contribution in [0.2, 0.25) is 5.02 Å². The molecule has 2 aromatic carbocycles. The van der Waals surface area contributed by atoms with Gasteiger partial charge in [0.15, 0.2) is 0 Å². The van der Waals surface area contributed by atoms with Crippen LogP contribution in [0.3, 0.4) is 0 Å². The zero-order valence-corrected chi connectivity index (χ0v) is 12.2. The Morgan fingerprint density at radius 2 is 1.81 bits per heavy atom. The summed E-state index contributed by atoms with van der Waals surface area (Å²) in [5, 5.41) is 9.50. The van der Waals surface area contributed by atoms with Crippen molar-refractivity contribution in [3.8, 4) is 0 Å². The van der Waals surface area contributed by atoms with Gasteiger partial charge in [0.25, 0.3) is 0 Å². The van der Waals surface area contributed by atoms with E-state index in [0.717, 1.165) is 30.8 Å². The lowest BCUT2D eigenvalue weighted by Crippen LogP contribution is -2.26. The fraction of sp³-hybridized carbons (Fsp3) is 0.188. The Morgan fingerprint density at radius 3 is 2.67 bits per heavy atom. The Kier molecular flexibility index (Phi) is 4.08. The molecular weight excluding hydrogens is 286 g/mol. The molecule has 0 aromatic heterocycles. The van der Waals surface area contributed by atoms with E-state index in [9.17, 15) is 4.79 Å². The van der Waals surface area contributed by atoms with Crippen molar-refractivity contribution in [1.29, 1.82) is 0 Å². The van der Waals surface area contributed by atoms with Crippen LogP contribution in [0.15, 0.2) is 42.5 Å². The number of hydrogen-bond donors (Lipinski definition) is 3. The van der Waals surface area contributed by atoms with Gasteiger partial charge in [-0.2, -0.15) is 0 Å². The van der Waals surface area contributed by atoms with Crippen LogP contribution < -0.4 is 16.0 Å². The number of anilines is 2. The monoisotopic (exact) mass is 301 g/mol. The molecule has 0 aliphatic carbocycles. The third-order valence-electron chi connectivity index (χ3n) is 3.52. The largest absolute Gasteiger partial charge is 0.323 e. The average molecular weight is 302 g/mol. The number of rotatable bonds is 2. The van der Waals surface area contributed by atoms with Crippen LogP contribution in [0.1, 0.15) is 11.1 Å². The predicted molar refractivity (Wildman–Crippen MR) is 85.9 cm³/mol. The lowest BCUT2D eigenvalue weighted by molar-refractivity contribution is 0.262. The molecule has 3 rings (SSSR count). The number of amides is 2. The normalized spacial score (nSPS) is 13.4. The first-order valence-corrected chi connectivity index (χ1v) is 7.26. The number of benzene rings is 2. The van der Waals surface area contributed by atoms with Gasteiger partial charge >= 0.3 is 6.03 Å². The Bertz CT molecular complexity index is 672. The SMILES string of the molecule is O=C(Nc1ccccc1Cl)Nc1cccc2c1CNCC2. The zero-order chi connectivity index (χ0) is 14.7. The molecule has 1 aliphatic heterocycles. The molecule has 1 heterocycles. The molecule has 0 radical (unpaired) electrons. The second-order valence-electron chi connectivity index (χ2n) is 4.93. The molecule has 108 valence electrons. The van der Waals surface area contributed by atoms with Gasteiger partial charge in [0.05, 0.1) is 10.7 Å². The lowest BCUT2D eigenvalue weighted by atomic mass is 9.99. The summed E-state index contributed by atoms with van der Waals surface area (Å²) in [5.41, 5.74) is 3.87. The smallest absolute Gasteiger partial charge is 0.312 e. The molecule has 2 aromatic rings. The fourth-order valence-electron chi connectivity index (χ4n) is 2.47. The maximum atomic E-state index is 12.1. The zero-order valence-electron chi connectivity index (χ0n) is 11.4. The Balaban J connectivity index is 1.75. The van der Waals surface area contributed by atoms with Gasteiger partial charge in [-0.15, -0.1) is 0 Å². The van der Waals surface area contributed by atoms with Gasteiger partial charge in [0.1, 0.15) is 0 Å². The Labute approximate surface area is 128 Å². The minimum Gasteiger partial charge on any atom is -0.312 e. The van der Waals surface area contributed by atoms with Gasteiger partial charge < -0.3 is 16.0 Å². The van der Waals surface area contributed by atoms with Crippen molar-refractivity contribution in [2.24, 2.45) is 0 Å². The number of hydrogen-bond acceptors (Lipinski definition) is 2. The number of fused-ring (bicyclic) bond motifs is 1. The van der Waals surface area contributed by atoms with Gasteiger partial charge in [-0.25, -0.2) is 4.79 Å². The molecule has 2 amide bonds. The van der Waals surface area contributed by atoms with E-state index in [4.69, 9.17) is 11.6 Å². The van der Waals surface area contributed by atoms with E-state index in [1.165, 1.54) is 5.56 Å². The molecule has 0 atom stereocenters. The van der Waals surface area contributed by atoms with E-state index in [2.05, 4.69) is 22.0 Å². The molecule has 0 bridgehead atoms. The van der Waals surface area contributed by atoms with Crippen LogP contribution in [-0.2, 0) is 13.0 Å². The first kappa shape index (κ1) is 13.9. The summed E-state index contributed by atoms with van der Waals surface area (Å²) in [7, 11) is 0. The molecular formula is C16H16ClN3O. The summed E-state index contributed by atoms with van der Waals surface area (Å²) in [6, 6.07) is 12.9. The number of urea groups is 1. The summed E-state index contributed by atoms with van der Waals surface area (Å²) < 4.78 is 0. The number of nitrogens with one attached hydrogen (secondary N) is 3. The molecule has 0 saturated heterocycles. The number of carbonyl (C=O) groups is 1. The molecule has 5 heteroatoms. The first-order chi connectivity index (χ1) is 10.2. The van der Waals surface area contributed by atoms with E-state index >= 15 is 0 Å². The maximum Gasteiger partial charge on any atom is 0.323 e. The van der Waals surface area contributed by atoms with Crippen LogP contribution in [0.25, 0.3) is 0 Å². The van der Waals surface area contributed by atoms with Crippen molar-refractivity contribution in [3.63, 3.8) is 0 Å². The highest BCUT2D eigenvalue weighted by Gasteiger charge is 2.14. The Morgan fingerprint density at radius 1 is 1.05 bits per heavy atom. The van der Waals surface area contributed by atoms with Gasteiger partial charge in [-0.3, -0.25) is 0 Å². The molecule has 0 saturated carbocycles. The summed E-state index contributed by atoms with van der Waals surface area (Å²) in [5.74, 6) is 0. The number of para-hydroxylation sites is 1. The van der Waals surface area contributed by atoms with Gasteiger partial charge in [-0.1, -0.05) is 35.9 Å². The molecule has 1 aliphatic rings. The van der Waals surface area contributed by atoms with Crippen molar-refractivity contribution in [2.45, 2.75) is 13.0 Å². The van der Waals surface area contributed by atoms with Crippen LogP contribution in [0.4, 0.5) is 16.2 Å². The van der Waals surface area contributed by atoms with Gasteiger partial charge in [-0.05, 0) is 42.3 Å². The number of carbonyl (C=O) groups excluding carboxylic acids is 1. The third-order valence-corrected chi connectivity index (χ3v) is 3.85. The number of halogens is 1. The second kappa shape index (κ2) is 6.16. The maximum absolute atomic E-state index is 12.1. The summed E-state index contributed by atoms with van der Waals surface area (Å²) in [6.45, 7) is 1.75. The van der Waals surface area contributed by atoms with E-state index in [1.807, 2.05) is 24.3 Å². The summed E-state index contributed by atoms with van der Waals surface area (Å²) in [4.78, 5) is 12.1. The highest BCUT2D eigenvalue weighted by atomic mass is 35.5. The van der Waals surface area contributed by atoms with E-state index < -0.39 is 0 Å². The minimum atomic E-state index is -0.290. The lowest BCUT2D eigenvalue weighted by Gasteiger charge is -2.20. The van der Waals surface area contributed by atoms with Crippen molar-refractivity contribution >= 4 is 29.0 Å². The van der Waals surface area contributed by atoms with Crippen LogP contribution in [-0.4, -0.2) is 12.6 Å². The highest BCUT2D eigenvalue weighted by molar-refractivity contribution is 6.33. The molecule has 0 spiro atoms. The molecule has 4 nitrogen and oxygen atoms in total. The minimum absolute atomic E-state index is 0.290. The summed E-state index contributed by atoms with van der Waals surface area (Å²) >= 11 is 6.03. The van der Waals surface area contributed by atoms with Crippen molar-refractivity contribution in [3.05, 3.63) is 58.6 Å².